The van der Waals surface area contributed by atoms with Gasteiger partial charge >= 0.3 is 0 Å². The van der Waals surface area contributed by atoms with Crippen molar-refractivity contribution < 1.29 is 4.92 Å². The highest BCUT2D eigenvalue weighted by atomic mass is 79.9. The van der Waals surface area contributed by atoms with Crippen LogP contribution in [0.4, 0.5) is 11.4 Å². The molecule has 1 aromatic carbocycles. The van der Waals surface area contributed by atoms with Gasteiger partial charge in [-0.15, -0.1) is 0 Å². The largest absolute Gasteiger partial charge is 0.375 e. The van der Waals surface area contributed by atoms with E-state index >= 15 is 0 Å². The first-order valence-electron chi connectivity index (χ1n) is 7.01. The molecule has 2 unspecified atom stereocenters. The fourth-order valence-corrected chi connectivity index (χ4v) is 3.42. The van der Waals surface area contributed by atoms with E-state index in [0.717, 1.165) is 23.5 Å². The Morgan fingerprint density at radius 2 is 2.20 bits per heavy atom. The Hall–Kier alpha value is -1.14. The molecule has 0 bridgehead atoms. The molecule has 1 heterocycles. The van der Waals surface area contributed by atoms with Crippen molar-refractivity contribution in [2.75, 3.05) is 11.9 Å². The number of rotatable bonds is 4. The third-order valence-electron chi connectivity index (χ3n) is 4.15. The second-order valence-corrected chi connectivity index (χ2v) is 6.69. The monoisotopic (exact) mass is 339 g/mol. The normalized spacial score (nSPS) is 26.7. The molecule has 1 aromatic rings. The molecule has 1 aliphatic carbocycles. The molecule has 6 heteroatoms. The summed E-state index contributed by atoms with van der Waals surface area (Å²) in [6.45, 7) is 3.23. The molecule has 3 rings (SSSR count). The van der Waals surface area contributed by atoms with Gasteiger partial charge in [-0.05, 0) is 38.3 Å². The summed E-state index contributed by atoms with van der Waals surface area (Å²) in [5, 5.41) is 14.5. The van der Waals surface area contributed by atoms with E-state index in [0.29, 0.717) is 17.8 Å². The minimum Gasteiger partial charge on any atom is -0.375 e. The van der Waals surface area contributed by atoms with Gasteiger partial charge in [-0.1, -0.05) is 15.9 Å². The van der Waals surface area contributed by atoms with Gasteiger partial charge in [0.05, 0.1) is 4.92 Å². The molecule has 1 N–H and O–H groups in total. The van der Waals surface area contributed by atoms with E-state index in [1.165, 1.54) is 12.8 Å². The van der Waals surface area contributed by atoms with Crippen molar-refractivity contribution in [3.8, 4) is 0 Å². The van der Waals surface area contributed by atoms with Crippen LogP contribution in [0, 0.1) is 10.1 Å². The van der Waals surface area contributed by atoms with Crippen molar-refractivity contribution in [2.45, 2.75) is 44.3 Å². The Morgan fingerprint density at radius 3 is 2.85 bits per heavy atom. The Kier molecular flexibility index (Phi) is 3.69. The number of benzene rings is 1. The highest BCUT2D eigenvalue weighted by Crippen LogP contribution is 2.35. The summed E-state index contributed by atoms with van der Waals surface area (Å²) < 4.78 is 0.731. The average molecular weight is 340 g/mol. The Morgan fingerprint density at radius 1 is 1.45 bits per heavy atom. The molecule has 0 aromatic heterocycles. The van der Waals surface area contributed by atoms with Gasteiger partial charge in [0.15, 0.2) is 0 Å². The minimum absolute atomic E-state index is 0.136. The molecule has 0 radical (unpaired) electrons. The number of nitro groups is 1. The topological polar surface area (TPSA) is 58.4 Å². The lowest BCUT2D eigenvalue weighted by Crippen LogP contribution is -2.31. The third-order valence-corrected chi connectivity index (χ3v) is 4.65. The summed E-state index contributed by atoms with van der Waals surface area (Å²) in [7, 11) is 0. The molecule has 1 aliphatic heterocycles. The number of nitrogens with one attached hydrogen (secondary N) is 1. The number of hydrogen-bond acceptors (Lipinski definition) is 4. The number of nitrogens with zero attached hydrogens (tertiary/aromatic N) is 2. The van der Waals surface area contributed by atoms with Crippen LogP contribution in [-0.4, -0.2) is 34.5 Å². The maximum Gasteiger partial charge on any atom is 0.293 e. The van der Waals surface area contributed by atoms with Crippen LogP contribution in [0.1, 0.15) is 26.2 Å². The zero-order chi connectivity index (χ0) is 14.3. The van der Waals surface area contributed by atoms with Gasteiger partial charge in [0.25, 0.3) is 5.69 Å². The van der Waals surface area contributed by atoms with E-state index < -0.39 is 0 Å². The molecule has 5 nitrogen and oxygen atoms in total. The molecular formula is C14H18BrN3O2. The number of hydrogen-bond donors (Lipinski definition) is 1. The van der Waals surface area contributed by atoms with Crippen LogP contribution < -0.4 is 5.32 Å². The van der Waals surface area contributed by atoms with Crippen LogP contribution in [-0.2, 0) is 0 Å². The van der Waals surface area contributed by atoms with Crippen molar-refractivity contribution in [1.82, 2.24) is 4.90 Å². The molecule has 2 aliphatic rings. The quantitative estimate of drug-likeness (QED) is 0.674. The predicted octanol–water partition coefficient (Wildman–Crippen LogP) is 3.39. The van der Waals surface area contributed by atoms with Crippen LogP contribution >= 0.6 is 15.9 Å². The van der Waals surface area contributed by atoms with Gasteiger partial charge in [-0.3, -0.25) is 15.0 Å². The Labute approximate surface area is 126 Å². The van der Waals surface area contributed by atoms with Crippen molar-refractivity contribution in [2.24, 2.45) is 0 Å². The number of nitro benzene ring substituents is 1. The zero-order valence-electron chi connectivity index (χ0n) is 11.4. The number of anilines is 1. The molecular weight excluding hydrogens is 322 g/mol. The van der Waals surface area contributed by atoms with Gasteiger partial charge in [0.2, 0.25) is 0 Å². The fraction of sp³-hybridized carbons (Fsp3) is 0.571. The number of halogens is 1. The van der Waals surface area contributed by atoms with Crippen molar-refractivity contribution in [3.63, 3.8) is 0 Å². The van der Waals surface area contributed by atoms with E-state index in [-0.39, 0.29) is 10.6 Å². The van der Waals surface area contributed by atoms with E-state index in [2.05, 4.69) is 33.1 Å². The summed E-state index contributed by atoms with van der Waals surface area (Å²) in [5.41, 5.74) is 0.755. The lowest BCUT2D eigenvalue weighted by atomic mass is 10.1. The summed E-state index contributed by atoms with van der Waals surface area (Å²) in [6.07, 6.45) is 3.65. The summed E-state index contributed by atoms with van der Waals surface area (Å²) >= 11 is 3.28. The summed E-state index contributed by atoms with van der Waals surface area (Å²) in [5.74, 6) is 0. The minimum atomic E-state index is -0.329. The van der Waals surface area contributed by atoms with Gasteiger partial charge in [-0.25, -0.2) is 0 Å². The third kappa shape index (κ3) is 2.81. The van der Waals surface area contributed by atoms with E-state index in [4.69, 9.17) is 0 Å². The molecule has 2 fully saturated rings. The highest BCUT2D eigenvalue weighted by Gasteiger charge is 2.39. The lowest BCUT2D eigenvalue weighted by Gasteiger charge is -2.19. The van der Waals surface area contributed by atoms with Crippen LogP contribution in [0.25, 0.3) is 0 Å². The summed E-state index contributed by atoms with van der Waals surface area (Å²) in [6, 6.07) is 6.79. The lowest BCUT2D eigenvalue weighted by molar-refractivity contribution is -0.384. The van der Waals surface area contributed by atoms with Crippen molar-refractivity contribution in [1.29, 1.82) is 0 Å². The van der Waals surface area contributed by atoms with Gasteiger partial charge in [0.1, 0.15) is 5.69 Å². The van der Waals surface area contributed by atoms with Gasteiger partial charge in [-0.2, -0.15) is 0 Å². The second kappa shape index (κ2) is 5.33. The van der Waals surface area contributed by atoms with Crippen LogP contribution in [0.3, 0.4) is 0 Å². The van der Waals surface area contributed by atoms with Gasteiger partial charge in [0, 0.05) is 35.2 Å². The van der Waals surface area contributed by atoms with E-state index in [1.54, 1.807) is 12.1 Å². The standard InChI is InChI=1S/C14H18BrN3O2/c1-9-6-11(8-17(9)12-3-4-12)16-13-5-2-10(15)7-14(13)18(19)20/h2,5,7,9,11-12,16H,3-4,6,8H2,1H3. The number of likely N-dealkylation sites (tertiary alicyclic amines) is 1. The maximum absolute atomic E-state index is 11.1. The Balaban J connectivity index is 1.73. The first kappa shape index (κ1) is 13.8. The van der Waals surface area contributed by atoms with Crippen molar-refractivity contribution >= 4 is 27.3 Å². The second-order valence-electron chi connectivity index (χ2n) is 5.77. The fourth-order valence-electron chi connectivity index (χ4n) is 3.07. The molecule has 1 saturated carbocycles. The smallest absolute Gasteiger partial charge is 0.293 e. The molecule has 20 heavy (non-hydrogen) atoms. The van der Waals surface area contributed by atoms with Crippen LogP contribution in [0.2, 0.25) is 0 Å². The molecule has 0 amide bonds. The SMILES string of the molecule is CC1CC(Nc2ccc(Br)cc2[N+](=O)[O-])CN1C1CC1. The van der Waals surface area contributed by atoms with Crippen molar-refractivity contribution in [3.05, 3.63) is 32.8 Å². The van der Waals surface area contributed by atoms with Crippen LogP contribution in [0.5, 0.6) is 0 Å². The predicted molar refractivity (Wildman–Crippen MR) is 82.0 cm³/mol. The first-order valence-corrected chi connectivity index (χ1v) is 7.80. The summed E-state index contributed by atoms with van der Waals surface area (Å²) in [4.78, 5) is 13.3. The average Bonchev–Trinajstić information content (AvgIpc) is 3.16. The van der Waals surface area contributed by atoms with Gasteiger partial charge < -0.3 is 5.32 Å². The van der Waals surface area contributed by atoms with E-state index in [1.807, 2.05) is 6.07 Å². The zero-order valence-corrected chi connectivity index (χ0v) is 13.0. The molecule has 1 saturated heterocycles. The maximum atomic E-state index is 11.1. The molecule has 0 spiro atoms. The van der Waals surface area contributed by atoms with Crippen LogP contribution in [0.15, 0.2) is 22.7 Å². The Bertz CT molecular complexity index is 533. The van der Waals surface area contributed by atoms with E-state index in [9.17, 15) is 10.1 Å². The molecule has 108 valence electrons. The highest BCUT2D eigenvalue weighted by molar-refractivity contribution is 9.10. The first-order chi connectivity index (χ1) is 9.54. The molecule has 2 atom stereocenters.